The molecule has 5 heteroatoms. The Labute approximate surface area is 86.6 Å². The molecular formula is C9H10ClN3O. The molecule has 0 aromatic heterocycles. The van der Waals surface area contributed by atoms with Crippen LogP contribution in [0.1, 0.15) is 15.9 Å². The Morgan fingerprint density at radius 1 is 1.43 bits per heavy atom. The maximum absolute atomic E-state index is 11.4. The fourth-order valence-electron chi connectivity index (χ4n) is 0.980. The van der Waals surface area contributed by atoms with E-state index in [1.54, 1.807) is 18.2 Å². The molecule has 0 atom stereocenters. The lowest BCUT2D eigenvalue weighted by Gasteiger charge is -2.00. The average Bonchev–Trinajstić information content (AvgIpc) is 2.08. The summed E-state index contributed by atoms with van der Waals surface area (Å²) in [5.41, 5.74) is 11.4. The van der Waals surface area contributed by atoms with Crippen molar-refractivity contribution in [3.8, 4) is 0 Å². The Morgan fingerprint density at radius 2 is 2.07 bits per heavy atom. The highest BCUT2D eigenvalue weighted by Crippen LogP contribution is 2.18. The van der Waals surface area contributed by atoms with Crippen LogP contribution in [0.2, 0.25) is 5.02 Å². The molecule has 0 unspecified atom stereocenters. The number of guanidine groups is 1. The third kappa shape index (κ3) is 2.47. The zero-order valence-corrected chi connectivity index (χ0v) is 8.38. The number of carbonyl (C=O) groups is 1. The molecule has 1 amide bonds. The van der Waals surface area contributed by atoms with Crippen LogP contribution in [0.15, 0.2) is 23.2 Å². The summed E-state index contributed by atoms with van der Waals surface area (Å²) >= 11 is 5.80. The summed E-state index contributed by atoms with van der Waals surface area (Å²) in [4.78, 5) is 14.8. The van der Waals surface area contributed by atoms with Gasteiger partial charge >= 0.3 is 0 Å². The topological polar surface area (TPSA) is 81.5 Å². The summed E-state index contributed by atoms with van der Waals surface area (Å²) in [6.45, 7) is 1.85. The number of halogens is 1. The maximum Gasteiger partial charge on any atom is 0.281 e. The summed E-state index contributed by atoms with van der Waals surface area (Å²) in [6, 6.07) is 5.07. The largest absolute Gasteiger partial charge is 0.370 e. The van der Waals surface area contributed by atoms with E-state index in [4.69, 9.17) is 23.1 Å². The van der Waals surface area contributed by atoms with Crippen LogP contribution in [0.5, 0.6) is 0 Å². The number of rotatable bonds is 1. The van der Waals surface area contributed by atoms with Gasteiger partial charge in [0.05, 0.1) is 10.6 Å². The molecule has 0 radical (unpaired) electrons. The van der Waals surface area contributed by atoms with Gasteiger partial charge in [-0.25, -0.2) is 0 Å². The van der Waals surface area contributed by atoms with Crippen molar-refractivity contribution >= 4 is 23.5 Å². The number of nitrogens with two attached hydrogens (primary N) is 2. The minimum Gasteiger partial charge on any atom is -0.370 e. The van der Waals surface area contributed by atoms with E-state index >= 15 is 0 Å². The Bertz CT molecular complexity index is 397. The standard InChI is InChI=1S/C9H10ClN3O/c1-5-2-3-7(10)6(4-5)8(14)13-9(11)12/h2-4H,1H3,(H4,11,12,13,14). The minimum absolute atomic E-state index is 0.271. The summed E-state index contributed by atoms with van der Waals surface area (Å²) in [7, 11) is 0. The van der Waals surface area contributed by atoms with E-state index in [1.807, 2.05) is 6.92 Å². The van der Waals surface area contributed by atoms with Gasteiger partial charge in [-0.05, 0) is 19.1 Å². The summed E-state index contributed by atoms with van der Waals surface area (Å²) < 4.78 is 0. The molecule has 0 bridgehead atoms. The normalized spacial score (nSPS) is 9.57. The lowest BCUT2D eigenvalue weighted by Crippen LogP contribution is -2.24. The lowest BCUT2D eigenvalue weighted by atomic mass is 10.1. The third-order valence-corrected chi connectivity index (χ3v) is 1.91. The number of amides is 1. The first-order chi connectivity index (χ1) is 6.50. The first-order valence-electron chi connectivity index (χ1n) is 3.91. The number of nitrogens with zero attached hydrogens (tertiary/aromatic N) is 1. The van der Waals surface area contributed by atoms with Crippen molar-refractivity contribution in [1.82, 2.24) is 0 Å². The van der Waals surface area contributed by atoms with Crippen LogP contribution in [-0.2, 0) is 0 Å². The van der Waals surface area contributed by atoms with Gasteiger partial charge in [-0.15, -0.1) is 0 Å². The smallest absolute Gasteiger partial charge is 0.281 e. The number of hydrogen-bond donors (Lipinski definition) is 2. The van der Waals surface area contributed by atoms with Gasteiger partial charge in [-0.3, -0.25) is 4.79 Å². The Hall–Kier alpha value is -1.55. The van der Waals surface area contributed by atoms with E-state index in [2.05, 4.69) is 4.99 Å². The van der Waals surface area contributed by atoms with Crippen molar-refractivity contribution in [3.63, 3.8) is 0 Å². The summed E-state index contributed by atoms with van der Waals surface area (Å²) in [5.74, 6) is -0.800. The van der Waals surface area contributed by atoms with Crippen LogP contribution >= 0.6 is 11.6 Å². The molecule has 74 valence electrons. The number of aryl methyl sites for hydroxylation is 1. The van der Waals surface area contributed by atoms with Crippen LogP contribution in [0.3, 0.4) is 0 Å². The van der Waals surface area contributed by atoms with E-state index < -0.39 is 5.91 Å². The van der Waals surface area contributed by atoms with Gasteiger partial charge in [-0.2, -0.15) is 4.99 Å². The van der Waals surface area contributed by atoms with Crippen molar-refractivity contribution in [2.24, 2.45) is 16.5 Å². The van der Waals surface area contributed by atoms with E-state index in [1.165, 1.54) is 0 Å². The highest BCUT2D eigenvalue weighted by Gasteiger charge is 2.09. The van der Waals surface area contributed by atoms with Crippen LogP contribution in [-0.4, -0.2) is 11.9 Å². The van der Waals surface area contributed by atoms with E-state index in [0.29, 0.717) is 10.6 Å². The molecule has 1 rings (SSSR count). The molecule has 0 saturated carbocycles. The molecule has 0 saturated heterocycles. The monoisotopic (exact) mass is 211 g/mol. The molecule has 1 aromatic rings. The molecular weight excluding hydrogens is 202 g/mol. The van der Waals surface area contributed by atoms with Crippen LogP contribution in [0, 0.1) is 6.92 Å². The first-order valence-corrected chi connectivity index (χ1v) is 4.28. The van der Waals surface area contributed by atoms with Crippen molar-refractivity contribution in [2.45, 2.75) is 6.92 Å². The SMILES string of the molecule is Cc1ccc(Cl)c(C(=O)N=C(N)N)c1. The molecule has 0 aliphatic heterocycles. The van der Waals surface area contributed by atoms with Gasteiger partial charge in [0.2, 0.25) is 0 Å². The zero-order valence-electron chi connectivity index (χ0n) is 7.62. The second-order valence-electron chi connectivity index (χ2n) is 2.83. The fourth-order valence-corrected chi connectivity index (χ4v) is 1.18. The van der Waals surface area contributed by atoms with Gasteiger partial charge in [0.15, 0.2) is 5.96 Å². The predicted octanol–water partition coefficient (Wildman–Crippen LogP) is 1.06. The third-order valence-electron chi connectivity index (χ3n) is 1.58. The van der Waals surface area contributed by atoms with Crippen molar-refractivity contribution in [1.29, 1.82) is 0 Å². The highest BCUT2D eigenvalue weighted by molar-refractivity contribution is 6.34. The van der Waals surface area contributed by atoms with Crippen LogP contribution in [0.4, 0.5) is 0 Å². The molecule has 14 heavy (non-hydrogen) atoms. The number of aliphatic imine (C=N–C) groups is 1. The van der Waals surface area contributed by atoms with Crippen molar-refractivity contribution in [2.75, 3.05) is 0 Å². The second-order valence-corrected chi connectivity index (χ2v) is 3.23. The van der Waals surface area contributed by atoms with E-state index in [9.17, 15) is 4.79 Å². The molecule has 0 fully saturated rings. The quantitative estimate of drug-likeness (QED) is 0.538. The van der Waals surface area contributed by atoms with Gasteiger partial charge in [0.1, 0.15) is 0 Å². The average molecular weight is 212 g/mol. The minimum atomic E-state index is -0.529. The van der Waals surface area contributed by atoms with E-state index in [0.717, 1.165) is 5.56 Å². The molecule has 4 N–H and O–H groups in total. The van der Waals surface area contributed by atoms with Crippen LogP contribution in [0.25, 0.3) is 0 Å². The lowest BCUT2D eigenvalue weighted by molar-refractivity contribution is 0.100. The molecule has 0 heterocycles. The molecule has 0 spiro atoms. The second kappa shape index (κ2) is 4.11. The highest BCUT2D eigenvalue weighted by atomic mass is 35.5. The summed E-state index contributed by atoms with van der Waals surface area (Å²) in [5, 5.41) is 0.339. The van der Waals surface area contributed by atoms with Gasteiger partial charge < -0.3 is 11.5 Å². The van der Waals surface area contributed by atoms with Gasteiger partial charge in [-0.1, -0.05) is 23.2 Å². The Morgan fingerprint density at radius 3 is 2.64 bits per heavy atom. The molecule has 0 aliphatic carbocycles. The molecule has 1 aromatic carbocycles. The first kappa shape index (κ1) is 10.5. The number of carbonyl (C=O) groups excluding carboxylic acids is 1. The fraction of sp³-hybridized carbons (Fsp3) is 0.111. The van der Waals surface area contributed by atoms with Crippen molar-refractivity contribution < 1.29 is 4.79 Å². The number of benzene rings is 1. The zero-order chi connectivity index (χ0) is 10.7. The summed E-state index contributed by atoms with van der Waals surface area (Å²) in [6.07, 6.45) is 0. The molecule has 4 nitrogen and oxygen atoms in total. The van der Waals surface area contributed by atoms with Gasteiger partial charge in [0, 0.05) is 0 Å². The Kier molecular flexibility index (Phi) is 3.09. The van der Waals surface area contributed by atoms with E-state index in [-0.39, 0.29) is 5.96 Å². The Balaban J connectivity index is 3.12. The van der Waals surface area contributed by atoms with Gasteiger partial charge in [0.25, 0.3) is 5.91 Å². The maximum atomic E-state index is 11.4. The van der Waals surface area contributed by atoms with Crippen molar-refractivity contribution in [3.05, 3.63) is 34.3 Å². The molecule has 0 aliphatic rings. The number of hydrogen-bond acceptors (Lipinski definition) is 1. The predicted molar refractivity (Wildman–Crippen MR) is 56.3 cm³/mol. The van der Waals surface area contributed by atoms with Crippen LogP contribution < -0.4 is 11.5 Å².